The molecule has 8 nitrogen and oxygen atoms in total. The minimum absolute atomic E-state index is 0.0333. The van der Waals surface area contributed by atoms with E-state index in [4.69, 9.17) is 0 Å². The number of phenols is 1. The van der Waals surface area contributed by atoms with Gasteiger partial charge < -0.3 is 10.4 Å². The lowest BCUT2D eigenvalue weighted by Crippen LogP contribution is -2.13. The van der Waals surface area contributed by atoms with Crippen molar-refractivity contribution in [3.63, 3.8) is 0 Å². The maximum absolute atomic E-state index is 12.2. The molecule has 0 aliphatic carbocycles. The van der Waals surface area contributed by atoms with Crippen molar-refractivity contribution in [2.75, 3.05) is 10.0 Å². The molecule has 0 saturated heterocycles. The number of carbonyl (C=O) groups is 1. The maximum Gasteiger partial charge on any atom is 0.263 e. The molecule has 3 rings (SSSR count). The van der Waals surface area contributed by atoms with Crippen LogP contribution in [0.1, 0.15) is 5.56 Å². The van der Waals surface area contributed by atoms with Crippen LogP contribution in [-0.2, 0) is 14.8 Å². The molecule has 0 aliphatic heterocycles. The summed E-state index contributed by atoms with van der Waals surface area (Å²) < 4.78 is 26.8. The molecule has 3 N–H and O–H groups in total. The zero-order chi connectivity index (χ0) is 19.3. The second-order valence-corrected chi connectivity index (χ2v) is 7.81. The van der Waals surface area contributed by atoms with Gasteiger partial charge in [0.2, 0.25) is 11.0 Å². The van der Waals surface area contributed by atoms with E-state index in [1.54, 1.807) is 18.2 Å². The Morgan fingerprint density at radius 3 is 2.59 bits per heavy atom. The van der Waals surface area contributed by atoms with Crippen LogP contribution in [0.2, 0.25) is 0 Å². The van der Waals surface area contributed by atoms with E-state index in [0.29, 0.717) is 11.3 Å². The van der Waals surface area contributed by atoms with Gasteiger partial charge >= 0.3 is 0 Å². The van der Waals surface area contributed by atoms with Crippen molar-refractivity contribution in [2.45, 2.75) is 4.90 Å². The highest BCUT2D eigenvalue weighted by Gasteiger charge is 2.15. The van der Waals surface area contributed by atoms with Crippen molar-refractivity contribution in [1.29, 1.82) is 0 Å². The highest BCUT2D eigenvalue weighted by molar-refractivity contribution is 7.93. The smallest absolute Gasteiger partial charge is 0.263 e. The fraction of sp³-hybridized carbons (Fsp3) is 0. The number of aromatic nitrogens is 2. The van der Waals surface area contributed by atoms with Gasteiger partial charge in [0, 0.05) is 11.8 Å². The van der Waals surface area contributed by atoms with Crippen molar-refractivity contribution in [1.82, 2.24) is 10.2 Å². The Balaban J connectivity index is 1.64. The molecule has 1 heterocycles. The molecule has 0 fully saturated rings. The molecular weight excluding hydrogens is 388 g/mol. The minimum Gasteiger partial charge on any atom is -0.508 e. The van der Waals surface area contributed by atoms with Crippen LogP contribution in [-0.4, -0.2) is 29.6 Å². The van der Waals surface area contributed by atoms with Crippen LogP contribution in [0.15, 0.2) is 65.0 Å². The summed E-state index contributed by atoms with van der Waals surface area (Å²) >= 11 is 1.07. The van der Waals surface area contributed by atoms with E-state index in [1.165, 1.54) is 48.0 Å². The van der Waals surface area contributed by atoms with Gasteiger partial charge in [-0.25, -0.2) is 8.42 Å². The molecule has 10 heteroatoms. The molecule has 1 aromatic heterocycles. The number of nitrogens with one attached hydrogen (secondary N) is 2. The van der Waals surface area contributed by atoms with E-state index in [0.717, 1.165) is 11.3 Å². The van der Waals surface area contributed by atoms with E-state index in [9.17, 15) is 18.3 Å². The Hall–Kier alpha value is -3.24. The van der Waals surface area contributed by atoms with Crippen LogP contribution in [0.5, 0.6) is 5.75 Å². The zero-order valence-electron chi connectivity index (χ0n) is 13.7. The summed E-state index contributed by atoms with van der Waals surface area (Å²) in [7, 11) is -3.77. The maximum atomic E-state index is 12.2. The Morgan fingerprint density at radius 2 is 1.93 bits per heavy atom. The summed E-state index contributed by atoms with van der Waals surface area (Å²) in [6, 6.07) is 12.2. The SMILES string of the molecule is O=C(/C=C/c1cccc(O)c1)Nc1ccc(S(=O)(=O)Nc2nncs2)cc1. The number of benzene rings is 2. The van der Waals surface area contributed by atoms with Crippen molar-refractivity contribution in [3.8, 4) is 5.75 Å². The Bertz CT molecular complexity index is 1060. The quantitative estimate of drug-likeness (QED) is 0.545. The van der Waals surface area contributed by atoms with Gasteiger partial charge in [-0.05, 0) is 48.0 Å². The Morgan fingerprint density at radius 1 is 1.15 bits per heavy atom. The first-order chi connectivity index (χ1) is 12.9. The van der Waals surface area contributed by atoms with Crippen LogP contribution < -0.4 is 10.0 Å². The predicted molar refractivity (Wildman–Crippen MR) is 103 cm³/mol. The van der Waals surface area contributed by atoms with E-state index in [1.807, 2.05) is 0 Å². The summed E-state index contributed by atoms with van der Waals surface area (Å²) in [6.07, 6.45) is 2.87. The number of sulfonamides is 1. The topological polar surface area (TPSA) is 121 Å². The predicted octanol–water partition coefficient (Wildman–Crippen LogP) is 2.70. The average Bonchev–Trinajstić information content (AvgIpc) is 3.13. The van der Waals surface area contributed by atoms with Crippen LogP contribution in [0.25, 0.3) is 6.08 Å². The number of hydrogen-bond acceptors (Lipinski definition) is 7. The molecule has 27 heavy (non-hydrogen) atoms. The van der Waals surface area contributed by atoms with Crippen molar-refractivity contribution in [3.05, 3.63) is 65.7 Å². The number of carbonyl (C=O) groups excluding carboxylic acids is 1. The fourth-order valence-corrected chi connectivity index (χ4v) is 3.79. The molecule has 0 bridgehead atoms. The van der Waals surface area contributed by atoms with Crippen LogP contribution in [0, 0.1) is 0 Å². The molecule has 0 aliphatic rings. The minimum atomic E-state index is -3.77. The monoisotopic (exact) mass is 402 g/mol. The Labute approximate surface area is 159 Å². The van der Waals surface area contributed by atoms with Gasteiger partial charge in [0.05, 0.1) is 4.90 Å². The molecule has 1 amide bonds. The lowest BCUT2D eigenvalue weighted by atomic mass is 10.2. The standard InChI is InChI=1S/C17H14N4O4S2/c22-14-3-1-2-12(10-14)4-9-16(23)19-13-5-7-15(8-6-13)27(24,25)21-17-20-18-11-26-17/h1-11,22H,(H,19,23)(H,20,21)/b9-4+. The molecular formula is C17H14N4O4S2. The summed E-state index contributed by atoms with van der Waals surface area (Å²) in [5, 5.41) is 19.4. The van der Waals surface area contributed by atoms with Gasteiger partial charge in [-0.1, -0.05) is 23.5 Å². The summed E-state index contributed by atoms with van der Waals surface area (Å²) in [6.45, 7) is 0. The summed E-state index contributed by atoms with van der Waals surface area (Å²) in [4.78, 5) is 12.0. The molecule has 138 valence electrons. The van der Waals surface area contributed by atoms with Crippen molar-refractivity contribution < 1.29 is 18.3 Å². The van der Waals surface area contributed by atoms with Gasteiger partial charge in [0.25, 0.3) is 10.0 Å². The van der Waals surface area contributed by atoms with Crippen LogP contribution >= 0.6 is 11.3 Å². The van der Waals surface area contributed by atoms with E-state index >= 15 is 0 Å². The number of phenolic OH excluding ortho intramolecular Hbond substituents is 1. The molecule has 0 spiro atoms. The number of anilines is 2. The molecule has 0 saturated carbocycles. The first kappa shape index (κ1) is 18.5. The third kappa shape index (κ3) is 5.12. The molecule has 3 aromatic rings. The van der Waals surface area contributed by atoms with Crippen molar-refractivity contribution in [2.24, 2.45) is 0 Å². The van der Waals surface area contributed by atoms with Gasteiger partial charge in [-0.15, -0.1) is 10.2 Å². The average molecular weight is 402 g/mol. The van der Waals surface area contributed by atoms with Gasteiger partial charge in [-0.2, -0.15) is 0 Å². The number of nitrogens with zero attached hydrogens (tertiary/aromatic N) is 2. The van der Waals surface area contributed by atoms with Crippen LogP contribution in [0.3, 0.4) is 0 Å². The first-order valence-electron chi connectivity index (χ1n) is 7.59. The number of amides is 1. The molecule has 2 aromatic carbocycles. The lowest BCUT2D eigenvalue weighted by Gasteiger charge is -2.06. The zero-order valence-corrected chi connectivity index (χ0v) is 15.4. The largest absolute Gasteiger partial charge is 0.508 e. The number of rotatable bonds is 6. The van der Waals surface area contributed by atoms with Gasteiger partial charge in [0.1, 0.15) is 11.3 Å². The van der Waals surface area contributed by atoms with Crippen molar-refractivity contribution >= 4 is 44.2 Å². The molecule has 0 radical (unpaired) electrons. The molecule has 0 atom stereocenters. The van der Waals surface area contributed by atoms with Gasteiger partial charge in [0.15, 0.2) is 0 Å². The van der Waals surface area contributed by atoms with E-state index in [-0.39, 0.29) is 21.7 Å². The second kappa shape index (κ2) is 7.98. The number of aromatic hydroxyl groups is 1. The highest BCUT2D eigenvalue weighted by Crippen LogP contribution is 2.19. The summed E-state index contributed by atoms with van der Waals surface area (Å²) in [5.41, 5.74) is 2.53. The first-order valence-corrected chi connectivity index (χ1v) is 9.96. The highest BCUT2D eigenvalue weighted by atomic mass is 32.2. The van der Waals surface area contributed by atoms with E-state index < -0.39 is 10.0 Å². The Kier molecular flexibility index (Phi) is 5.48. The molecule has 0 unspecified atom stereocenters. The number of hydrogen-bond donors (Lipinski definition) is 3. The lowest BCUT2D eigenvalue weighted by molar-refractivity contribution is -0.111. The van der Waals surface area contributed by atoms with E-state index in [2.05, 4.69) is 20.2 Å². The van der Waals surface area contributed by atoms with Gasteiger partial charge in [-0.3, -0.25) is 9.52 Å². The van der Waals surface area contributed by atoms with Crippen LogP contribution in [0.4, 0.5) is 10.8 Å². The summed E-state index contributed by atoms with van der Waals surface area (Å²) in [5.74, 6) is -0.280. The fourth-order valence-electron chi connectivity index (χ4n) is 2.09. The third-order valence-corrected chi connectivity index (χ3v) is 5.40. The third-order valence-electron chi connectivity index (χ3n) is 3.31. The second-order valence-electron chi connectivity index (χ2n) is 5.29. The normalized spacial score (nSPS) is 11.4.